The Labute approximate surface area is 139 Å². The molecule has 1 saturated carbocycles. The normalized spacial score (nSPS) is 20.7. The van der Waals surface area contributed by atoms with Gasteiger partial charge in [-0.15, -0.1) is 13.2 Å². The fraction of sp³-hybridized carbons (Fsp3) is 0.500. The third-order valence-corrected chi connectivity index (χ3v) is 4.42. The zero-order valence-corrected chi connectivity index (χ0v) is 13.8. The maximum Gasteiger partial charge on any atom is 0.168 e. The lowest BCUT2D eigenvalue weighted by Gasteiger charge is -2.26. The molecule has 0 amide bonds. The Balaban J connectivity index is 1.76. The van der Waals surface area contributed by atoms with Gasteiger partial charge in [0.05, 0.1) is 13.2 Å². The summed E-state index contributed by atoms with van der Waals surface area (Å²) in [5.41, 5.74) is 0. The first-order valence-electron chi connectivity index (χ1n) is 8.51. The Morgan fingerprint density at radius 3 is 2.57 bits per heavy atom. The minimum atomic E-state index is -0.364. The van der Waals surface area contributed by atoms with Gasteiger partial charge in [-0.25, -0.2) is 4.39 Å². The fourth-order valence-corrected chi connectivity index (χ4v) is 2.90. The van der Waals surface area contributed by atoms with Crippen LogP contribution in [0.5, 0.6) is 11.5 Å². The van der Waals surface area contributed by atoms with Gasteiger partial charge in [0.15, 0.2) is 11.6 Å². The molecule has 1 aromatic carbocycles. The van der Waals surface area contributed by atoms with Crippen LogP contribution in [-0.2, 0) is 0 Å². The van der Waals surface area contributed by atoms with Crippen LogP contribution >= 0.6 is 0 Å². The molecular weight excluding hydrogens is 291 g/mol. The second kappa shape index (κ2) is 9.39. The maximum atomic E-state index is 14.0. The van der Waals surface area contributed by atoms with Crippen molar-refractivity contribution in [1.82, 2.24) is 0 Å². The van der Waals surface area contributed by atoms with Crippen LogP contribution in [0.25, 0.3) is 0 Å². The Bertz CT molecular complexity index is 504. The van der Waals surface area contributed by atoms with Gasteiger partial charge >= 0.3 is 0 Å². The van der Waals surface area contributed by atoms with E-state index in [0.29, 0.717) is 30.8 Å². The molecule has 0 aliphatic heterocycles. The molecule has 1 aliphatic carbocycles. The smallest absolute Gasteiger partial charge is 0.168 e. The molecular formula is C20H27FO2. The standard InChI is InChI=1S/C20H27FO2/c1-3-5-6-13-22-20-12-11-18(14-19(20)21)23-15-17-9-7-16(4-2)8-10-17/h3-4,11-12,14,16-17H,1-2,5-10,13,15H2. The molecule has 0 heterocycles. The highest BCUT2D eigenvalue weighted by atomic mass is 19.1. The zero-order chi connectivity index (χ0) is 16.5. The second-order valence-corrected chi connectivity index (χ2v) is 6.20. The predicted molar refractivity (Wildman–Crippen MR) is 92.5 cm³/mol. The first-order chi connectivity index (χ1) is 11.2. The molecule has 0 aromatic heterocycles. The third kappa shape index (κ3) is 5.74. The average Bonchev–Trinajstić information content (AvgIpc) is 2.59. The quantitative estimate of drug-likeness (QED) is 0.439. The molecule has 126 valence electrons. The SMILES string of the molecule is C=CCCCOc1ccc(OCC2CCC(C=C)CC2)cc1F. The Hall–Kier alpha value is -1.77. The number of allylic oxidation sites excluding steroid dienone is 2. The van der Waals surface area contributed by atoms with Crippen LogP contribution in [-0.4, -0.2) is 13.2 Å². The summed E-state index contributed by atoms with van der Waals surface area (Å²) in [4.78, 5) is 0. The van der Waals surface area contributed by atoms with E-state index in [2.05, 4.69) is 19.2 Å². The van der Waals surface area contributed by atoms with Gasteiger partial charge < -0.3 is 9.47 Å². The fourth-order valence-electron chi connectivity index (χ4n) is 2.90. The second-order valence-electron chi connectivity index (χ2n) is 6.20. The topological polar surface area (TPSA) is 18.5 Å². The van der Waals surface area contributed by atoms with Gasteiger partial charge in [0, 0.05) is 6.07 Å². The molecule has 3 heteroatoms. The third-order valence-electron chi connectivity index (χ3n) is 4.42. The molecule has 2 nitrogen and oxygen atoms in total. The number of rotatable bonds is 9. The number of hydrogen-bond donors (Lipinski definition) is 0. The number of unbranched alkanes of at least 4 members (excludes halogenated alkanes) is 1. The molecule has 0 unspecified atom stereocenters. The van der Waals surface area contributed by atoms with Crippen molar-refractivity contribution in [2.24, 2.45) is 11.8 Å². The van der Waals surface area contributed by atoms with Crippen molar-refractivity contribution >= 4 is 0 Å². The van der Waals surface area contributed by atoms with Crippen molar-refractivity contribution in [3.05, 3.63) is 49.3 Å². The van der Waals surface area contributed by atoms with E-state index < -0.39 is 0 Å². The van der Waals surface area contributed by atoms with Crippen LogP contribution in [0.15, 0.2) is 43.5 Å². The average molecular weight is 318 g/mol. The Morgan fingerprint density at radius 1 is 1.13 bits per heavy atom. The highest BCUT2D eigenvalue weighted by Gasteiger charge is 2.19. The Kier molecular flexibility index (Phi) is 7.18. The first kappa shape index (κ1) is 17.6. The highest BCUT2D eigenvalue weighted by molar-refractivity contribution is 5.33. The van der Waals surface area contributed by atoms with Crippen molar-refractivity contribution in [2.45, 2.75) is 38.5 Å². The summed E-state index contributed by atoms with van der Waals surface area (Å²) < 4.78 is 25.2. The summed E-state index contributed by atoms with van der Waals surface area (Å²) in [5, 5.41) is 0. The van der Waals surface area contributed by atoms with Gasteiger partial charge in [-0.05, 0) is 62.5 Å². The number of ether oxygens (including phenoxy) is 2. The van der Waals surface area contributed by atoms with Crippen molar-refractivity contribution in [1.29, 1.82) is 0 Å². The summed E-state index contributed by atoms with van der Waals surface area (Å²) in [6.07, 6.45) is 10.3. The van der Waals surface area contributed by atoms with Crippen molar-refractivity contribution in [3.63, 3.8) is 0 Å². The van der Waals surface area contributed by atoms with Crippen molar-refractivity contribution in [3.8, 4) is 11.5 Å². The van der Waals surface area contributed by atoms with Gasteiger partial charge in [-0.1, -0.05) is 12.2 Å². The Morgan fingerprint density at radius 2 is 1.91 bits per heavy atom. The summed E-state index contributed by atoms with van der Waals surface area (Å²) in [6, 6.07) is 4.84. The summed E-state index contributed by atoms with van der Waals surface area (Å²) in [7, 11) is 0. The summed E-state index contributed by atoms with van der Waals surface area (Å²) in [5.74, 6) is 1.71. The van der Waals surface area contributed by atoms with E-state index in [-0.39, 0.29) is 11.6 Å². The largest absolute Gasteiger partial charge is 0.493 e. The first-order valence-corrected chi connectivity index (χ1v) is 8.51. The molecule has 2 rings (SSSR count). The van der Waals surface area contributed by atoms with E-state index >= 15 is 0 Å². The molecule has 23 heavy (non-hydrogen) atoms. The van der Waals surface area contributed by atoms with Crippen molar-refractivity contribution < 1.29 is 13.9 Å². The molecule has 0 spiro atoms. The lowest BCUT2D eigenvalue weighted by Crippen LogP contribution is -2.19. The number of benzene rings is 1. The van der Waals surface area contributed by atoms with Gasteiger partial charge in [0.25, 0.3) is 0 Å². The van der Waals surface area contributed by atoms with Gasteiger partial charge in [0.2, 0.25) is 0 Å². The number of halogens is 1. The molecule has 0 saturated heterocycles. The van der Waals surface area contributed by atoms with Gasteiger partial charge in [-0.3, -0.25) is 0 Å². The van der Waals surface area contributed by atoms with Crippen LogP contribution in [0.3, 0.4) is 0 Å². The molecule has 0 N–H and O–H groups in total. The van der Waals surface area contributed by atoms with E-state index in [1.165, 1.54) is 18.9 Å². The lowest BCUT2D eigenvalue weighted by molar-refractivity contribution is 0.194. The lowest BCUT2D eigenvalue weighted by atomic mass is 9.82. The van der Waals surface area contributed by atoms with E-state index in [0.717, 1.165) is 25.7 Å². The van der Waals surface area contributed by atoms with Crippen LogP contribution in [0.4, 0.5) is 4.39 Å². The van der Waals surface area contributed by atoms with E-state index in [9.17, 15) is 4.39 Å². The molecule has 0 bridgehead atoms. The molecule has 0 radical (unpaired) electrons. The van der Waals surface area contributed by atoms with Crippen LogP contribution in [0.1, 0.15) is 38.5 Å². The summed E-state index contributed by atoms with van der Waals surface area (Å²) >= 11 is 0. The van der Waals surface area contributed by atoms with Gasteiger partial charge in [0.1, 0.15) is 5.75 Å². The molecule has 1 fully saturated rings. The van der Waals surface area contributed by atoms with Gasteiger partial charge in [-0.2, -0.15) is 0 Å². The zero-order valence-electron chi connectivity index (χ0n) is 13.8. The minimum absolute atomic E-state index is 0.285. The van der Waals surface area contributed by atoms with Crippen molar-refractivity contribution in [2.75, 3.05) is 13.2 Å². The van der Waals surface area contributed by atoms with E-state index in [1.54, 1.807) is 12.1 Å². The predicted octanol–water partition coefficient (Wildman–Crippen LogP) is 5.54. The monoisotopic (exact) mass is 318 g/mol. The summed E-state index contributed by atoms with van der Waals surface area (Å²) in [6.45, 7) is 8.67. The number of hydrogen-bond acceptors (Lipinski definition) is 2. The minimum Gasteiger partial charge on any atom is -0.493 e. The molecule has 0 atom stereocenters. The van der Waals surface area contributed by atoms with Crippen LogP contribution in [0, 0.1) is 17.7 Å². The van der Waals surface area contributed by atoms with E-state index in [1.807, 2.05) is 6.08 Å². The molecule has 1 aromatic rings. The van der Waals surface area contributed by atoms with Crippen LogP contribution < -0.4 is 9.47 Å². The van der Waals surface area contributed by atoms with Crippen LogP contribution in [0.2, 0.25) is 0 Å². The maximum absolute atomic E-state index is 14.0. The molecule has 1 aliphatic rings. The highest BCUT2D eigenvalue weighted by Crippen LogP contribution is 2.30. The van der Waals surface area contributed by atoms with E-state index in [4.69, 9.17) is 9.47 Å².